The van der Waals surface area contributed by atoms with Crippen molar-refractivity contribution in [3.05, 3.63) is 0 Å². The Labute approximate surface area is 69.8 Å². The standard InChI is InChI=1S/C3H4Br2Cl2/c4-1-3(5,7)2-6/h1-2H2/t3-/m1/s1. The third-order valence-electron chi connectivity index (χ3n) is 0.391. The van der Waals surface area contributed by atoms with E-state index in [1.54, 1.807) is 0 Å². The number of hydrogen-bond donors (Lipinski definition) is 0. The normalized spacial score (nSPS) is 18.9. The number of hydrogen-bond acceptors (Lipinski definition) is 0. The molecule has 0 aliphatic rings. The quantitative estimate of drug-likeness (QED) is 0.677. The zero-order valence-electron chi connectivity index (χ0n) is 3.43. The first-order chi connectivity index (χ1) is 3.12. The van der Waals surface area contributed by atoms with Gasteiger partial charge in [0, 0.05) is 5.33 Å². The fraction of sp³-hybridized carbons (Fsp3) is 1.00. The second-order valence-electron chi connectivity index (χ2n) is 1.12. The molecule has 0 heterocycles. The van der Waals surface area contributed by atoms with Gasteiger partial charge in [-0.05, 0) is 0 Å². The highest BCUT2D eigenvalue weighted by Crippen LogP contribution is 2.26. The third kappa shape index (κ3) is 4.07. The predicted octanol–water partition coefficient (Wildman–Crippen LogP) is 2.95. The monoisotopic (exact) mass is 268 g/mol. The number of rotatable bonds is 2. The molecule has 0 aromatic carbocycles. The van der Waals surface area contributed by atoms with Gasteiger partial charge in [0.1, 0.15) is 3.78 Å². The van der Waals surface area contributed by atoms with Gasteiger partial charge in [0.2, 0.25) is 0 Å². The van der Waals surface area contributed by atoms with Crippen molar-refractivity contribution in [3.8, 4) is 0 Å². The summed E-state index contributed by atoms with van der Waals surface area (Å²) in [5.74, 6) is 0.403. The fourth-order valence-electron chi connectivity index (χ4n) is 0.0357. The highest BCUT2D eigenvalue weighted by atomic mass is 79.9. The van der Waals surface area contributed by atoms with Gasteiger partial charge >= 0.3 is 0 Å². The van der Waals surface area contributed by atoms with Crippen molar-refractivity contribution in [2.24, 2.45) is 0 Å². The molecule has 0 aromatic heterocycles. The van der Waals surface area contributed by atoms with Crippen molar-refractivity contribution in [1.82, 2.24) is 0 Å². The lowest BCUT2D eigenvalue weighted by Gasteiger charge is -2.09. The van der Waals surface area contributed by atoms with Gasteiger partial charge in [-0.1, -0.05) is 31.9 Å². The van der Waals surface area contributed by atoms with Crippen LogP contribution in [0.5, 0.6) is 0 Å². The lowest BCUT2D eigenvalue weighted by atomic mass is 10.6. The molecule has 0 fully saturated rings. The Balaban J connectivity index is 3.36. The molecule has 0 nitrogen and oxygen atoms in total. The summed E-state index contributed by atoms with van der Waals surface area (Å²) in [5, 5.41) is 0.658. The average Bonchev–Trinajstić information content (AvgIpc) is 1.68. The lowest BCUT2D eigenvalue weighted by Crippen LogP contribution is -2.14. The van der Waals surface area contributed by atoms with E-state index < -0.39 is 3.78 Å². The van der Waals surface area contributed by atoms with Gasteiger partial charge in [-0.25, -0.2) is 0 Å². The fourth-order valence-corrected chi connectivity index (χ4v) is 0.557. The van der Waals surface area contributed by atoms with E-state index in [4.69, 9.17) is 23.2 Å². The molecule has 0 radical (unpaired) electrons. The first-order valence-corrected chi connectivity index (χ1v) is 4.45. The smallest absolute Gasteiger partial charge is 0.122 e. The van der Waals surface area contributed by atoms with E-state index >= 15 is 0 Å². The van der Waals surface area contributed by atoms with E-state index in [2.05, 4.69) is 31.9 Å². The molecule has 0 aliphatic carbocycles. The van der Waals surface area contributed by atoms with Gasteiger partial charge in [0.25, 0.3) is 0 Å². The number of halogens is 4. The summed E-state index contributed by atoms with van der Waals surface area (Å²) in [7, 11) is 0. The Morgan fingerprint density at radius 3 is 2.00 bits per heavy atom. The van der Waals surface area contributed by atoms with Gasteiger partial charge in [-0.15, -0.1) is 23.2 Å². The van der Waals surface area contributed by atoms with Crippen molar-refractivity contribution >= 4 is 55.1 Å². The van der Waals surface area contributed by atoms with Crippen LogP contribution in [0.3, 0.4) is 0 Å². The van der Waals surface area contributed by atoms with Gasteiger partial charge in [0.05, 0.1) is 5.88 Å². The zero-order chi connectivity index (χ0) is 5.91. The molecule has 0 unspecified atom stereocenters. The lowest BCUT2D eigenvalue weighted by molar-refractivity contribution is 1.07. The Morgan fingerprint density at radius 1 is 1.57 bits per heavy atom. The molecule has 0 spiro atoms. The molecule has 0 saturated carbocycles. The van der Waals surface area contributed by atoms with E-state index in [1.807, 2.05) is 0 Å². The Kier molecular flexibility index (Phi) is 4.32. The van der Waals surface area contributed by atoms with Crippen LogP contribution in [0.25, 0.3) is 0 Å². The SMILES string of the molecule is ClC[C@@](Cl)(Br)CBr. The van der Waals surface area contributed by atoms with Gasteiger partial charge < -0.3 is 0 Å². The van der Waals surface area contributed by atoms with Crippen molar-refractivity contribution in [2.45, 2.75) is 3.78 Å². The van der Waals surface area contributed by atoms with Crippen LogP contribution >= 0.6 is 55.1 Å². The summed E-state index contributed by atoms with van der Waals surface area (Å²) in [5.41, 5.74) is 0. The molecular formula is C3H4Br2Cl2. The van der Waals surface area contributed by atoms with E-state index in [1.165, 1.54) is 0 Å². The van der Waals surface area contributed by atoms with Gasteiger partial charge in [0.15, 0.2) is 0 Å². The van der Waals surface area contributed by atoms with Crippen molar-refractivity contribution in [1.29, 1.82) is 0 Å². The molecule has 44 valence electrons. The topological polar surface area (TPSA) is 0 Å². The average molecular weight is 271 g/mol. The predicted molar refractivity (Wildman–Crippen MR) is 42.0 cm³/mol. The summed E-state index contributed by atoms with van der Waals surface area (Å²) in [6.07, 6.45) is 0. The minimum atomic E-state index is -0.450. The first kappa shape index (κ1) is 8.54. The van der Waals surface area contributed by atoms with E-state index in [9.17, 15) is 0 Å². The van der Waals surface area contributed by atoms with Crippen LogP contribution in [0, 0.1) is 0 Å². The molecule has 0 amide bonds. The molecule has 7 heavy (non-hydrogen) atoms. The Bertz CT molecular complexity index is 48.9. The van der Waals surface area contributed by atoms with Crippen LogP contribution in [0.4, 0.5) is 0 Å². The molecule has 4 heteroatoms. The minimum Gasteiger partial charge on any atom is -0.124 e. The van der Waals surface area contributed by atoms with Gasteiger partial charge in [-0.3, -0.25) is 0 Å². The van der Waals surface area contributed by atoms with Crippen molar-refractivity contribution in [3.63, 3.8) is 0 Å². The summed E-state index contributed by atoms with van der Waals surface area (Å²) in [6, 6.07) is 0. The number of alkyl halides is 4. The molecule has 1 atom stereocenters. The highest BCUT2D eigenvalue weighted by molar-refractivity contribution is 9.12. The molecule has 0 aliphatic heterocycles. The molecular weight excluding hydrogens is 267 g/mol. The van der Waals surface area contributed by atoms with E-state index in [-0.39, 0.29) is 0 Å². The third-order valence-corrected chi connectivity index (χ3v) is 4.17. The van der Waals surface area contributed by atoms with E-state index in [0.29, 0.717) is 11.2 Å². The van der Waals surface area contributed by atoms with Crippen molar-refractivity contribution in [2.75, 3.05) is 11.2 Å². The van der Waals surface area contributed by atoms with E-state index in [0.717, 1.165) is 0 Å². The summed E-state index contributed by atoms with van der Waals surface area (Å²) >= 11 is 17.4. The van der Waals surface area contributed by atoms with Crippen LogP contribution in [0.15, 0.2) is 0 Å². The van der Waals surface area contributed by atoms with Crippen molar-refractivity contribution < 1.29 is 0 Å². The molecule has 0 aromatic rings. The van der Waals surface area contributed by atoms with Crippen LogP contribution in [-0.4, -0.2) is 15.0 Å². The second-order valence-corrected chi connectivity index (χ2v) is 4.65. The molecule has 0 bridgehead atoms. The maximum atomic E-state index is 5.64. The largest absolute Gasteiger partial charge is 0.124 e. The van der Waals surface area contributed by atoms with Crippen LogP contribution in [-0.2, 0) is 0 Å². The van der Waals surface area contributed by atoms with Crippen LogP contribution < -0.4 is 0 Å². The maximum Gasteiger partial charge on any atom is 0.122 e. The first-order valence-electron chi connectivity index (χ1n) is 1.62. The van der Waals surface area contributed by atoms with Crippen LogP contribution in [0.1, 0.15) is 0 Å². The summed E-state index contributed by atoms with van der Waals surface area (Å²) < 4.78 is -0.450. The van der Waals surface area contributed by atoms with Crippen LogP contribution in [0.2, 0.25) is 0 Å². The zero-order valence-corrected chi connectivity index (χ0v) is 8.11. The summed E-state index contributed by atoms with van der Waals surface area (Å²) in [6.45, 7) is 0. The molecule has 0 N–H and O–H groups in total. The molecule has 0 saturated heterocycles. The summed E-state index contributed by atoms with van der Waals surface area (Å²) in [4.78, 5) is 0. The molecule has 0 rings (SSSR count). The second kappa shape index (κ2) is 3.54. The Hall–Kier alpha value is 1.54. The minimum absolute atomic E-state index is 0.403. The Morgan fingerprint density at radius 2 is 2.00 bits per heavy atom. The highest BCUT2D eigenvalue weighted by Gasteiger charge is 2.18. The van der Waals surface area contributed by atoms with Gasteiger partial charge in [-0.2, -0.15) is 0 Å². The maximum absolute atomic E-state index is 5.64.